The third kappa shape index (κ3) is 6.19. The summed E-state index contributed by atoms with van der Waals surface area (Å²) in [6, 6.07) is 14.2. The summed E-state index contributed by atoms with van der Waals surface area (Å²) in [5.74, 6) is 0.457. The van der Waals surface area contributed by atoms with Gasteiger partial charge in [0.25, 0.3) is 0 Å². The molecule has 2 rings (SSSR count). The van der Waals surface area contributed by atoms with Crippen molar-refractivity contribution in [3.8, 4) is 11.5 Å². The summed E-state index contributed by atoms with van der Waals surface area (Å²) in [7, 11) is 0. The Bertz CT molecular complexity index is 653. The molecule has 0 fully saturated rings. The van der Waals surface area contributed by atoms with Crippen molar-refractivity contribution >= 4 is 12.4 Å². The number of nitrogens with zero attached hydrogens (tertiary/aromatic N) is 2. The predicted molar refractivity (Wildman–Crippen MR) is 94.9 cm³/mol. The molecule has 5 heteroatoms. The van der Waals surface area contributed by atoms with Crippen molar-refractivity contribution in [3.05, 3.63) is 59.7 Å². The maximum absolute atomic E-state index is 9.69. The summed E-state index contributed by atoms with van der Waals surface area (Å²) in [5, 5.41) is 19.4. The number of benzene rings is 2. The summed E-state index contributed by atoms with van der Waals surface area (Å²) < 4.78 is 0. The molecular formula is C19H22MnN2O2. The van der Waals surface area contributed by atoms with Crippen LogP contribution >= 0.6 is 0 Å². The molecule has 0 saturated heterocycles. The number of phenolic OH excluding ortho intramolecular Hbond substituents is 2. The van der Waals surface area contributed by atoms with E-state index in [1.165, 1.54) is 0 Å². The van der Waals surface area contributed by atoms with Crippen molar-refractivity contribution in [2.24, 2.45) is 15.4 Å². The second-order valence-electron chi connectivity index (χ2n) is 6.22. The van der Waals surface area contributed by atoms with Crippen LogP contribution in [0.25, 0.3) is 0 Å². The number of aromatic hydroxyl groups is 2. The Morgan fingerprint density at radius 3 is 1.54 bits per heavy atom. The van der Waals surface area contributed by atoms with Crippen LogP contribution in [0, 0.1) is 5.41 Å². The van der Waals surface area contributed by atoms with Gasteiger partial charge in [-0.2, -0.15) is 0 Å². The third-order valence-electron chi connectivity index (χ3n) is 3.37. The Kier molecular flexibility index (Phi) is 7.69. The molecule has 2 aromatic carbocycles. The first-order valence-electron chi connectivity index (χ1n) is 7.54. The zero-order valence-corrected chi connectivity index (χ0v) is 15.0. The SMILES string of the molecule is CC(C)(CN=Cc1ccccc1O)CN=Cc1ccccc1O.[Mn]. The van der Waals surface area contributed by atoms with Crippen molar-refractivity contribution in [1.82, 2.24) is 0 Å². The van der Waals surface area contributed by atoms with Crippen molar-refractivity contribution in [1.29, 1.82) is 0 Å². The molecule has 0 aromatic heterocycles. The molecule has 0 unspecified atom stereocenters. The first-order valence-corrected chi connectivity index (χ1v) is 7.54. The molecule has 2 aromatic rings. The zero-order chi connectivity index (χ0) is 16.7. The molecule has 0 aliphatic carbocycles. The maximum atomic E-state index is 9.69. The van der Waals surface area contributed by atoms with Crippen LogP contribution in [0.15, 0.2) is 58.5 Å². The zero-order valence-electron chi connectivity index (χ0n) is 13.9. The van der Waals surface area contributed by atoms with Gasteiger partial charge in [-0.1, -0.05) is 38.1 Å². The standard InChI is InChI=1S/C19H22N2O2.Mn/c1-19(2,13-20-11-15-7-3-5-9-17(15)22)14-21-12-16-8-4-6-10-18(16)23;/h3-12,22-23H,13-14H2,1-2H3;. The quantitative estimate of drug-likeness (QED) is 0.606. The first-order chi connectivity index (χ1) is 11.0. The topological polar surface area (TPSA) is 65.2 Å². The minimum atomic E-state index is -0.109. The molecule has 0 aliphatic rings. The molecule has 0 saturated carbocycles. The van der Waals surface area contributed by atoms with Gasteiger partial charge >= 0.3 is 0 Å². The van der Waals surface area contributed by atoms with E-state index in [0.29, 0.717) is 24.2 Å². The van der Waals surface area contributed by atoms with Crippen LogP contribution in [-0.2, 0) is 17.1 Å². The number of hydrogen-bond acceptors (Lipinski definition) is 4. The Labute approximate surface area is 153 Å². The summed E-state index contributed by atoms with van der Waals surface area (Å²) in [6.07, 6.45) is 3.37. The van der Waals surface area contributed by atoms with Gasteiger partial charge < -0.3 is 10.2 Å². The van der Waals surface area contributed by atoms with E-state index in [1.54, 1.807) is 36.7 Å². The molecule has 4 nitrogen and oxygen atoms in total. The van der Waals surface area contributed by atoms with Gasteiger partial charge in [0.1, 0.15) is 11.5 Å². The van der Waals surface area contributed by atoms with Crippen molar-refractivity contribution in [3.63, 3.8) is 0 Å². The van der Waals surface area contributed by atoms with Gasteiger partial charge in [-0.15, -0.1) is 0 Å². The minimum Gasteiger partial charge on any atom is -0.507 e. The summed E-state index contributed by atoms with van der Waals surface area (Å²) in [5.41, 5.74) is 1.31. The summed E-state index contributed by atoms with van der Waals surface area (Å²) in [4.78, 5) is 8.82. The average molecular weight is 365 g/mol. The Balaban J connectivity index is 0.00000288. The van der Waals surface area contributed by atoms with Crippen LogP contribution in [0.1, 0.15) is 25.0 Å². The molecule has 0 aliphatic heterocycles. The maximum Gasteiger partial charge on any atom is 0.124 e. The third-order valence-corrected chi connectivity index (χ3v) is 3.37. The van der Waals surface area contributed by atoms with Crippen LogP contribution in [0.2, 0.25) is 0 Å². The van der Waals surface area contributed by atoms with Gasteiger partial charge in [-0.3, -0.25) is 9.98 Å². The second-order valence-corrected chi connectivity index (χ2v) is 6.22. The Hall–Kier alpha value is -2.10. The fraction of sp³-hybridized carbons (Fsp3) is 0.263. The largest absolute Gasteiger partial charge is 0.507 e. The van der Waals surface area contributed by atoms with Gasteiger partial charge in [-0.05, 0) is 24.3 Å². The molecule has 0 bridgehead atoms. The van der Waals surface area contributed by atoms with E-state index < -0.39 is 0 Å². The van der Waals surface area contributed by atoms with Gasteiger partial charge in [0.05, 0.1) is 0 Å². The molecule has 0 spiro atoms. The molecule has 24 heavy (non-hydrogen) atoms. The number of hydrogen-bond donors (Lipinski definition) is 2. The summed E-state index contributed by atoms with van der Waals surface area (Å²) >= 11 is 0. The van der Waals surface area contributed by atoms with E-state index in [1.807, 2.05) is 24.3 Å². The van der Waals surface area contributed by atoms with Gasteiger partial charge in [0.15, 0.2) is 0 Å². The molecule has 0 atom stereocenters. The van der Waals surface area contributed by atoms with Crippen LogP contribution in [0.5, 0.6) is 11.5 Å². The minimum absolute atomic E-state index is 0. The van der Waals surface area contributed by atoms with E-state index in [9.17, 15) is 10.2 Å². The number of phenols is 2. The Morgan fingerprint density at radius 2 is 1.17 bits per heavy atom. The number of rotatable bonds is 6. The first kappa shape index (κ1) is 19.9. The molecule has 2 N–H and O–H groups in total. The second kappa shape index (κ2) is 9.26. The number of para-hydroxylation sites is 2. The molecule has 0 heterocycles. The van der Waals surface area contributed by atoms with Crippen molar-refractivity contribution in [2.45, 2.75) is 13.8 Å². The van der Waals surface area contributed by atoms with E-state index in [0.717, 1.165) is 0 Å². The van der Waals surface area contributed by atoms with Crippen LogP contribution in [0.4, 0.5) is 0 Å². The predicted octanol–water partition coefficient (Wildman–Crippen LogP) is 3.66. The van der Waals surface area contributed by atoms with E-state index in [-0.39, 0.29) is 34.0 Å². The van der Waals surface area contributed by atoms with Gasteiger partial charge in [-0.25, -0.2) is 0 Å². The Morgan fingerprint density at radius 1 is 0.792 bits per heavy atom. The van der Waals surface area contributed by atoms with Crippen LogP contribution in [0.3, 0.4) is 0 Å². The number of aliphatic imine (C=N–C) groups is 2. The van der Waals surface area contributed by atoms with Crippen LogP contribution < -0.4 is 0 Å². The normalized spacial score (nSPS) is 11.8. The molecular weight excluding hydrogens is 343 g/mol. The van der Waals surface area contributed by atoms with E-state index in [2.05, 4.69) is 23.8 Å². The van der Waals surface area contributed by atoms with Crippen LogP contribution in [-0.4, -0.2) is 35.7 Å². The smallest absolute Gasteiger partial charge is 0.124 e. The molecule has 0 amide bonds. The fourth-order valence-corrected chi connectivity index (χ4v) is 2.03. The van der Waals surface area contributed by atoms with Gasteiger partial charge in [0.2, 0.25) is 0 Å². The van der Waals surface area contributed by atoms with Crippen molar-refractivity contribution in [2.75, 3.05) is 13.1 Å². The molecule has 127 valence electrons. The van der Waals surface area contributed by atoms with E-state index >= 15 is 0 Å². The fourth-order valence-electron chi connectivity index (χ4n) is 2.03. The monoisotopic (exact) mass is 365 g/mol. The van der Waals surface area contributed by atoms with Gasteiger partial charge in [0, 0.05) is 59.1 Å². The molecule has 1 radical (unpaired) electrons. The van der Waals surface area contributed by atoms with E-state index in [4.69, 9.17) is 0 Å². The average Bonchev–Trinajstić information content (AvgIpc) is 2.51. The summed E-state index contributed by atoms with van der Waals surface area (Å²) in [6.45, 7) is 5.35. The van der Waals surface area contributed by atoms with Crippen molar-refractivity contribution < 1.29 is 27.3 Å².